The number of carboxylic acid groups (broad SMARTS) is 1. The number of aromatic nitrogens is 2. The number of hydrogen-bond acceptors (Lipinski definition) is 4. The van der Waals surface area contributed by atoms with E-state index in [1.165, 1.54) is 0 Å². The van der Waals surface area contributed by atoms with Crippen LogP contribution in [0, 0.1) is 5.92 Å². The number of unbranched alkanes of at least 4 members (excludes halogenated alkanes) is 2. The van der Waals surface area contributed by atoms with Crippen molar-refractivity contribution in [3.05, 3.63) is 65.5 Å². The fraction of sp³-hybridized carbons (Fsp3) is 0.469. The molecule has 0 bridgehead atoms. The first kappa shape index (κ1) is 30.9. The number of aromatic amines is 1. The molecule has 0 radical (unpaired) electrons. The molecule has 8 heteroatoms. The van der Waals surface area contributed by atoms with Crippen LogP contribution >= 0.6 is 0 Å². The highest BCUT2D eigenvalue weighted by Crippen LogP contribution is 2.45. The Bertz CT molecular complexity index is 1300. The number of aliphatic imine (C=N–C) groups is 1. The number of pyridine rings is 1. The van der Waals surface area contributed by atoms with Crippen molar-refractivity contribution in [2.24, 2.45) is 16.6 Å². The van der Waals surface area contributed by atoms with Gasteiger partial charge in [-0.1, -0.05) is 70.9 Å². The maximum atomic E-state index is 12.0. The van der Waals surface area contributed by atoms with Crippen LogP contribution in [-0.2, 0) is 4.79 Å². The molecule has 2 heterocycles. The average Bonchev–Trinajstić information content (AvgIpc) is 3.31. The van der Waals surface area contributed by atoms with Crippen molar-refractivity contribution < 1.29 is 15.0 Å². The molecule has 1 aliphatic carbocycles. The number of guanidine groups is 1. The van der Waals surface area contributed by atoms with Crippen molar-refractivity contribution in [1.29, 1.82) is 0 Å². The number of nitrogens with two attached hydrogens (primary N) is 1. The van der Waals surface area contributed by atoms with Gasteiger partial charge in [0.25, 0.3) is 0 Å². The number of fused-ring (bicyclic) bond motifs is 3. The second-order valence-corrected chi connectivity index (χ2v) is 10.6. The van der Waals surface area contributed by atoms with Crippen molar-refractivity contribution in [3.63, 3.8) is 0 Å². The minimum absolute atomic E-state index is 0.0320. The molecule has 2 aromatic heterocycles. The van der Waals surface area contributed by atoms with Gasteiger partial charge in [0.2, 0.25) is 0 Å². The maximum Gasteiger partial charge on any atom is 0.330 e. The molecule has 0 saturated heterocycles. The summed E-state index contributed by atoms with van der Waals surface area (Å²) >= 11 is 0. The fourth-order valence-corrected chi connectivity index (χ4v) is 5.34. The number of aliphatic hydroxyl groups is 1. The zero-order valence-electron chi connectivity index (χ0n) is 24.3. The monoisotopic (exact) mass is 547 g/mol. The Kier molecular flexibility index (Phi) is 11.3. The highest BCUT2D eigenvalue weighted by atomic mass is 16.4. The van der Waals surface area contributed by atoms with E-state index in [0.717, 1.165) is 71.1 Å². The van der Waals surface area contributed by atoms with Gasteiger partial charge < -0.3 is 26.2 Å². The molecule has 2 aromatic rings. The van der Waals surface area contributed by atoms with Gasteiger partial charge >= 0.3 is 5.97 Å². The van der Waals surface area contributed by atoms with E-state index < -0.39 is 18.1 Å². The van der Waals surface area contributed by atoms with Gasteiger partial charge in [-0.05, 0) is 61.0 Å². The van der Waals surface area contributed by atoms with E-state index in [0.29, 0.717) is 12.3 Å². The first-order valence-electron chi connectivity index (χ1n) is 14.4. The molecule has 216 valence electrons. The zero-order chi connectivity index (χ0) is 29.2. The van der Waals surface area contributed by atoms with Gasteiger partial charge in [0.15, 0.2) is 5.96 Å². The first-order chi connectivity index (χ1) is 19.2. The van der Waals surface area contributed by atoms with Crippen LogP contribution in [0.15, 0.2) is 53.7 Å². The molecule has 4 unspecified atom stereocenters. The molecule has 6 N–H and O–H groups in total. The van der Waals surface area contributed by atoms with E-state index in [1.807, 2.05) is 31.2 Å². The van der Waals surface area contributed by atoms with Gasteiger partial charge in [-0.15, -0.1) is 0 Å². The van der Waals surface area contributed by atoms with Crippen molar-refractivity contribution in [3.8, 4) is 0 Å². The van der Waals surface area contributed by atoms with E-state index in [1.54, 1.807) is 18.3 Å². The van der Waals surface area contributed by atoms with Crippen LogP contribution in [-0.4, -0.2) is 50.8 Å². The summed E-state index contributed by atoms with van der Waals surface area (Å²) in [4.78, 5) is 24.6. The summed E-state index contributed by atoms with van der Waals surface area (Å²) in [5.74, 6) is -0.434. The van der Waals surface area contributed by atoms with Crippen molar-refractivity contribution >= 4 is 34.6 Å². The van der Waals surface area contributed by atoms with E-state index in [-0.39, 0.29) is 18.4 Å². The summed E-state index contributed by atoms with van der Waals surface area (Å²) in [5.41, 5.74) is 12.5. The Hall–Kier alpha value is -3.65. The predicted molar refractivity (Wildman–Crippen MR) is 165 cm³/mol. The number of rotatable bonds is 13. The Morgan fingerprint density at radius 2 is 2.15 bits per heavy atom. The van der Waals surface area contributed by atoms with Gasteiger partial charge in [0.1, 0.15) is 6.04 Å². The smallest absolute Gasteiger partial charge is 0.330 e. The first-order valence-corrected chi connectivity index (χ1v) is 14.4. The Balaban J connectivity index is 1.88. The molecule has 0 fully saturated rings. The molecule has 0 aromatic carbocycles. The third kappa shape index (κ3) is 7.50. The summed E-state index contributed by atoms with van der Waals surface area (Å²) in [6.45, 7) is 12.5. The molecule has 4 atom stereocenters. The Morgan fingerprint density at radius 1 is 1.38 bits per heavy atom. The molecular formula is C32H45N5O3. The minimum Gasteiger partial charge on any atom is -0.479 e. The summed E-state index contributed by atoms with van der Waals surface area (Å²) in [7, 11) is 0. The lowest BCUT2D eigenvalue weighted by molar-refractivity contribution is -0.137. The number of H-pyrrole nitrogens is 1. The normalized spacial score (nSPS) is 20.6. The highest BCUT2D eigenvalue weighted by molar-refractivity contribution is 5.94. The van der Waals surface area contributed by atoms with E-state index in [9.17, 15) is 15.0 Å². The third-order valence-electron chi connectivity index (χ3n) is 7.72. The van der Waals surface area contributed by atoms with Gasteiger partial charge in [0.05, 0.1) is 23.7 Å². The fourth-order valence-electron chi connectivity index (χ4n) is 5.34. The van der Waals surface area contributed by atoms with Crippen LogP contribution in [0.4, 0.5) is 0 Å². The zero-order valence-corrected chi connectivity index (χ0v) is 24.3. The van der Waals surface area contributed by atoms with E-state index >= 15 is 0 Å². The SMILES string of the molecule is C=Cc1cnc2c3c([nH]c2c1)C(C(C)CC)CC(O)C3=CCN=C(N)NC(C=C(C=CC)CCCCC)C(=O)O. The van der Waals surface area contributed by atoms with Crippen LogP contribution in [0.5, 0.6) is 0 Å². The number of nitrogens with one attached hydrogen (secondary N) is 2. The van der Waals surface area contributed by atoms with E-state index in [4.69, 9.17) is 10.7 Å². The molecule has 0 amide bonds. The van der Waals surface area contributed by atoms with Gasteiger partial charge in [-0.3, -0.25) is 4.98 Å². The summed E-state index contributed by atoms with van der Waals surface area (Å²) < 4.78 is 0. The molecule has 1 aliphatic rings. The number of nitrogens with zero attached hydrogens (tertiary/aromatic N) is 2. The largest absolute Gasteiger partial charge is 0.479 e. The molecule has 0 saturated carbocycles. The van der Waals surface area contributed by atoms with Crippen molar-refractivity contribution in [2.75, 3.05) is 6.54 Å². The van der Waals surface area contributed by atoms with Gasteiger partial charge in [-0.25, -0.2) is 9.79 Å². The molecule has 40 heavy (non-hydrogen) atoms. The quantitative estimate of drug-likeness (QED) is 0.0913. The lowest BCUT2D eigenvalue weighted by Crippen LogP contribution is -2.43. The number of allylic oxidation sites excluding steroid dienone is 3. The molecular weight excluding hydrogens is 502 g/mol. The molecule has 0 spiro atoms. The predicted octanol–water partition coefficient (Wildman–Crippen LogP) is 5.92. The summed E-state index contributed by atoms with van der Waals surface area (Å²) in [5, 5.41) is 23.8. The minimum atomic E-state index is -1.03. The highest BCUT2D eigenvalue weighted by Gasteiger charge is 2.35. The molecule has 8 nitrogen and oxygen atoms in total. The van der Waals surface area contributed by atoms with Crippen LogP contribution in [0.3, 0.4) is 0 Å². The second kappa shape index (κ2) is 14.7. The number of hydrogen-bond donors (Lipinski definition) is 5. The molecule has 0 aliphatic heterocycles. The van der Waals surface area contributed by atoms with Crippen LogP contribution in [0.1, 0.15) is 89.0 Å². The van der Waals surface area contributed by atoms with E-state index in [2.05, 4.69) is 42.6 Å². The summed E-state index contributed by atoms with van der Waals surface area (Å²) in [6.07, 6.45) is 15.9. The number of aliphatic hydroxyl groups excluding tert-OH is 1. The van der Waals surface area contributed by atoms with Gasteiger partial charge in [-0.2, -0.15) is 0 Å². The maximum absolute atomic E-state index is 12.0. The van der Waals surface area contributed by atoms with Crippen LogP contribution in [0.25, 0.3) is 22.7 Å². The Labute approximate surface area is 237 Å². The topological polar surface area (TPSA) is 137 Å². The lowest BCUT2D eigenvalue weighted by atomic mass is 9.75. The average molecular weight is 548 g/mol. The van der Waals surface area contributed by atoms with Crippen molar-refractivity contribution in [1.82, 2.24) is 15.3 Å². The van der Waals surface area contributed by atoms with Crippen molar-refractivity contribution in [2.45, 2.75) is 84.3 Å². The third-order valence-corrected chi connectivity index (χ3v) is 7.72. The van der Waals surface area contributed by atoms with Crippen LogP contribution < -0.4 is 11.1 Å². The molecule has 3 rings (SSSR count). The summed E-state index contributed by atoms with van der Waals surface area (Å²) in [6, 6.07) is 1.03. The Morgan fingerprint density at radius 3 is 2.80 bits per heavy atom. The number of carbonyl (C=O) groups is 1. The number of carboxylic acids is 1. The number of aliphatic carboxylic acids is 1. The van der Waals surface area contributed by atoms with Gasteiger partial charge in [0, 0.05) is 23.4 Å². The van der Waals surface area contributed by atoms with Crippen LogP contribution in [0.2, 0.25) is 0 Å². The second-order valence-electron chi connectivity index (χ2n) is 10.6. The lowest BCUT2D eigenvalue weighted by Gasteiger charge is -2.32. The standard InChI is InChI=1S/C32H45N5O3/c1-6-10-11-13-22(12-7-2)17-26(31(39)40)37-32(33)34-15-14-23-27(38)18-24(20(5)8-3)29-28(23)30-25(36-29)16-21(9-4)19-35-30/h7,9,12,14,16-17,19-20,24,26-27,36,38H,4,6,8,10-11,13,15,18H2,1-3,5H3,(H,39,40)(H3,33,34,37).